The van der Waals surface area contributed by atoms with E-state index in [-0.39, 0.29) is 0 Å². The van der Waals surface area contributed by atoms with Crippen molar-refractivity contribution < 1.29 is 0 Å². The number of hydrogen-bond donors (Lipinski definition) is 1. The maximum Gasteiger partial charge on any atom is 0.0302 e. The van der Waals surface area contributed by atoms with E-state index in [2.05, 4.69) is 48.0 Å². The van der Waals surface area contributed by atoms with E-state index >= 15 is 0 Å². The molecular weight excluding hydrogens is 226 g/mol. The standard InChI is InChI=1S/C15H17NS/c1-11-6-7-17-15(11)10-16-9-13-8-12-4-2-3-5-14(12)13/h2-7,13,16H,8-10H2,1H3. The van der Waals surface area contributed by atoms with Gasteiger partial charge in [0.1, 0.15) is 0 Å². The summed E-state index contributed by atoms with van der Waals surface area (Å²) in [7, 11) is 0. The first-order valence-corrected chi connectivity index (χ1v) is 7.04. The van der Waals surface area contributed by atoms with Crippen molar-refractivity contribution in [2.75, 3.05) is 6.54 Å². The van der Waals surface area contributed by atoms with Crippen molar-refractivity contribution in [1.29, 1.82) is 0 Å². The van der Waals surface area contributed by atoms with Crippen molar-refractivity contribution >= 4 is 11.3 Å². The molecule has 0 aliphatic heterocycles. The Morgan fingerprint density at radius 3 is 2.94 bits per heavy atom. The van der Waals surface area contributed by atoms with Crippen LogP contribution < -0.4 is 5.32 Å². The molecule has 2 heteroatoms. The third-order valence-electron chi connectivity index (χ3n) is 3.61. The van der Waals surface area contributed by atoms with E-state index in [1.54, 1.807) is 5.56 Å². The molecular formula is C15H17NS. The molecule has 1 atom stereocenters. The first-order chi connectivity index (χ1) is 8.34. The summed E-state index contributed by atoms with van der Waals surface area (Å²) in [5, 5.41) is 5.75. The van der Waals surface area contributed by atoms with Gasteiger partial charge in [0, 0.05) is 23.9 Å². The van der Waals surface area contributed by atoms with Crippen LogP contribution in [0.1, 0.15) is 27.5 Å². The summed E-state index contributed by atoms with van der Waals surface area (Å²) in [6.07, 6.45) is 1.24. The molecule has 0 spiro atoms. The molecule has 0 bridgehead atoms. The summed E-state index contributed by atoms with van der Waals surface area (Å²) in [6, 6.07) is 11.0. The van der Waals surface area contributed by atoms with Gasteiger partial charge in [0.2, 0.25) is 0 Å². The molecule has 1 unspecified atom stereocenters. The van der Waals surface area contributed by atoms with Gasteiger partial charge < -0.3 is 5.32 Å². The molecule has 17 heavy (non-hydrogen) atoms. The fraction of sp³-hybridized carbons (Fsp3) is 0.333. The molecule has 1 heterocycles. The van der Waals surface area contributed by atoms with Crippen LogP contribution >= 0.6 is 11.3 Å². The molecule has 3 rings (SSSR count). The van der Waals surface area contributed by atoms with Gasteiger partial charge in [0.25, 0.3) is 0 Å². The minimum Gasteiger partial charge on any atom is -0.311 e. The van der Waals surface area contributed by atoms with Crippen molar-refractivity contribution in [2.24, 2.45) is 0 Å². The zero-order valence-electron chi connectivity index (χ0n) is 10.1. The Morgan fingerprint density at radius 1 is 1.29 bits per heavy atom. The van der Waals surface area contributed by atoms with Gasteiger partial charge in [0.15, 0.2) is 0 Å². The van der Waals surface area contributed by atoms with Crippen LogP contribution in [0, 0.1) is 6.92 Å². The lowest BCUT2D eigenvalue weighted by Crippen LogP contribution is -2.28. The molecule has 0 fully saturated rings. The Morgan fingerprint density at radius 2 is 2.18 bits per heavy atom. The van der Waals surface area contributed by atoms with Crippen molar-refractivity contribution in [1.82, 2.24) is 5.32 Å². The summed E-state index contributed by atoms with van der Waals surface area (Å²) in [4.78, 5) is 1.47. The van der Waals surface area contributed by atoms with Crippen LogP contribution in [0.4, 0.5) is 0 Å². The Labute approximate surface area is 106 Å². The van der Waals surface area contributed by atoms with Gasteiger partial charge in [-0.15, -0.1) is 11.3 Å². The maximum absolute atomic E-state index is 3.58. The van der Waals surface area contributed by atoms with Crippen molar-refractivity contribution in [2.45, 2.75) is 25.8 Å². The minimum absolute atomic E-state index is 0.728. The third-order valence-corrected chi connectivity index (χ3v) is 4.63. The quantitative estimate of drug-likeness (QED) is 0.867. The molecule has 0 radical (unpaired) electrons. The fourth-order valence-electron chi connectivity index (χ4n) is 2.49. The van der Waals surface area contributed by atoms with Gasteiger partial charge in [-0.05, 0) is 41.5 Å². The molecule has 1 N–H and O–H groups in total. The number of rotatable bonds is 4. The first-order valence-electron chi connectivity index (χ1n) is 6.16. The van der Waals surface area contributed by atoms with Gasteiger partial charge in [-0.3, -0.25) is 0 Å². The lowest BCUT2D eigenvalue weighted by molar-refractivity contribution is 0.537. The molecule has 1 nitrogen and oxygen atoms in total. The first kappa shape index (κ1) is 11.0. The fourth-order valence-corrected chi connectivity index (χ4v) is 3.37. The van der Waals surface area contributed by atoms with Crippen LogP contribution in [-0.2, 0) is 13.0 Å². The highest BCUT2D eigenvalue weighted by Gasteiger charge is 2.24. The second-order valence-electron chi connectivity index (χ2n) is 4.76. The number of fused-ring (bicyclic) bond motifs is 1. The van der Waals surface area contributed by atoms with Gasteiger partial charge in [0.05, 0.1) is 0 Å². The zero-order valence-corrected chi connectivity index (χ0v) is 10.9. The summed E-state index contributed by atoms with van der Waals surface area (Å²) < 4.78 is 0. The lowest BCUT2D eigenvalue weighted by Gasteiger charge is -2.30. The smallest absolute Gasteiger partial charge is 0.0302 e. The summed E-state index contributed by atoms with van der Waals surface area (Å²) >= 11 is 1.85. The highest BCUT2D eigenvalue weighted by Crippen LogP contribution is 2.34. The normalized spacial score (nSPS) is 17.6. The maximum atomic E-state index is 3.58. The predicted molar refractivity (Wildman–Crippen MR) is 73.6 cm³/mol. The van der Waals surface area contributed by atoms with E-state index in [1.165, 1.54) is 22.4 Å². The van der Waals surface area contributed by atoms with E-state index in [1.807, 2.05) is 11.3 Å². The van der Waals surface area contributed by atoms with Crippen LogP contribution in [0.25, 0.3) is 0 Å². The zero-order chi connectivity index (χ0) is 11.7. The van der Waals surface area contributed by atoms with E-state index in [4.69, 9.17) is 0 Å². The monoisotopic (exact) mass is 243 g/mol. The van der Waals surface area contributed by atoms with Crippen molar-refractivity contribution in [3.8, 4) is 0 Å². The Kier molecular flexibility index (Phi) is 3.00. The Balaban J connectivity index is 1.53. The van der Waals surface area contributed by atoms with Crippen LogP contribution in [0.15, 0.2) is 35.7 Å². The largest absolute Gasteiger partial charge is 0.311 e. The van der Waals surface area contributed by atoms with Crippen LogP contribution in [0.2, 0.25) is 0 Å². The molecule has 0 amide bonds. The number of hydrogen-bond acceptors (Lipinski definition) is 2. The van der Waals surface area contributed by atoms with E-state index in [9.17, 15) is 0 Å². The van der Waals surface area contributed by atoms with Gasteiger partial charge in [-0.1, -0.05) is 24.3 Å². The lowest BCUT2D eigenvalue weighted by atomic mass is 9.77. The van der Waals surface area contributed by atoms with Crippen molar-refractivity contribution in [3.05, 3.63) is 57.3 Å². The number of aryl methyl sites for hydroxylation is 1. The second kappa shape index (κ2) is 4.63. The topological polar surface area (TPSA) is 12.0 Å². The van der Waals surface area contributed by atoms with E-state index < -0.39 is 0 Å². The highest BCUT2D eigenvalue weighted by molar-refractivity contribution is 7.10. The summed E-state index contributed by atoms with van der Waals surface area (Å²) in [5.41, 5.74) is 4.49. The molecule has 0 saturated carbocycles. The van der Waals surface area contributed by atoms with Gasteiger partial charge in [-0.25, -0.2) is 0 Å². The van der Waals surface area contributed by atoms with Crippen molar-refractivity contribution in [3.63, 3.8) is 0 Å². The van der Waals surface area contributed by atoms with E-state index in [0.717, 1.165) is 19.0 Å². The third kappa shape index (κ3) is 2.15. The molecule has 1 aliphatic carbocycles. The summed E-state index contributed by atoms with van der Waals surface area (Å²) in [6.45, 7) is 4.31. The van der Waals surface area contributed by atoms with E-state index in [0.29, 0.717) is 0 Å². The predicted octanol–water partition coefficient (Wildman–Crippen LogP) is 3.49. The minimum atomic E-state index is 0.728. The molecule has 2 aromatic rings. The van der Waals surface area contributed by atoms with Crippen LogP contribution in [-0.4, -0.2) is 6.54 Å². The molecule has 88 valence electrons. The second-order valence-corrected chi connectivity index (χ2v) is 5.76. The molecule has 1 aromatic carbocycles. The molecule has 1 aliphatic rings. The number of thiophene rings is 1. The Hall–Kier alpha value is -1.12. The molecule has 0 saturated heterocycles. The number of nitrogens with one attached hydrogen (secondary N) is 1. The SMILES string of the molecule is Cc1ccsc1CNCC1Cc2ccccc21. The summed E-state index contributed by atoms with van der Waals surface area (Å²) in [5.74, 6) is 0.728. The number of benzene rings is 1. The van der Waals surface area contributed by atoms with Gasteiger partial charge in [-0.2, -0.15) is 0 Å². The molecule has 1 aromatic heterocycles. The average Bonchev–Trinajstić information content (AvgIpc) is 2.71. The van der Waals surface area contributed by atoms with Crippen LogP contribution in [0.3, 0.4) is 0 Å². The van der Waals surface area contributed by atoms with Gasteiger partial charge >= 0.3 is 0 Å². The Bertz CT molecular complexity index is 515. The average molecular weight is 243 g/mol. The van der Waals surface area contributed by atoms with Crippen LogP contribution in [0.5, 0.6) is 0 Å². The highest BCUT2D eigenvalue weighted by atomic mass is 32.1.